The minimum absolute atomic E-state index is 0.155. The van der Waals surface area contributed by atoms with Crippen molar-refractivity contribution in [1.82, 2.24) is 0 Å². The maximum absolute atomic E-state index is 15.0. The average molecular weight is 491 g/mol. The summed E-state index contributed by atoms with van der Waals surface area (Å²) in [5, 5.41) is 0. The molecule has 0 aromatic heterocycles. The predicted molar refractivity (Wildman–Crippen MR) is 145 cm³/mol. The molecule has 3 heteroatoms. The van der Waals surface area contributed by atoms with Gasteiger partial charge in [0.25, 0.3) is 0 Å². The summed E-state index contributed by atoms with van der Waals surface area (Å²) in [4.78, 5) is 0. The van der Waals surface area contributed by atoms with Crippen LogP contribution in [0.15, 0.2) is 36.4 Å². The molecule has 3 aromatic carbocycles. The summed E-state index contributed by atoms with van der Waals surface area (Å²) in [5.41, 5.74) is 9.53. The number of ether oxygens (including phenoxy) is 1. The van der Waals surface area contributed by atoms with Crippen molar-refractivity contribution >= 4 is 0 Å². The van der Waals surface area contributed by atoms with E-state index in [1.54, 1.807) is 0 Å². The topological polar surface area (TPSA) is 9.23 Å². The van der Waals surface area contributed by atoms with E-state index in [4.69, 9.17) is 4.74 Å². The second-order valence-corrected chi connectivity index (χ2v) is 11.2. The van der Waals surface area contributed by atoms with Gasteiger partial charge in [-0.25, -0.2) is 8.78 Å². The third-order valence-electron chi connectivity index (χ3n) is 8.16. The van der Waals surface area contributed by atoms with E-state index < -0.39 is 11.6 Å². The highest BCUT2D eigenvalue weighted by atomic mass is 19.1. The van der Waals surface area contributed by atoms with Crippen molar-refractivity contribution in [1.29, 1.82) is 0 Å². The Bertz CT molecular complexity index is 1170. The molecular formula is C33H40F2O. The van der Waals surface area contributed by atoms with E-state index in [2.05, 4.69) is 45.0 Å². The summed E-state index contributed by atoms with van der Waals surface area (Å²) in [6, 6.07) is 11.7. The van der Waals surface area contributed by atoms with Crippen molar-refractivity contribution in [3.8, 4) is 5.75 Å². The van der Waals surface area contributed by atoms with Gasteiger partial charge < -0.3 is 4.74 Å². The van der Waals surface area contributed by atoms with E-state index >= 15 is 0 Å². The molecule has 0 radical (unpaired) electrons. The Balaban J connectivity index is 1.34. The molecule has 1 aliphatic rings. The molecule has 0 aliphatic heterocycles. The molecule has 0 N–H and O–H groups in total. The third-order valence-corrected chi connectivity index (χ3v) is 8.16. The monoisotopic (exact) mass is 490 g/mol. The fourth-order valence-electron chi connectivity index (χ4n) is 5.99. The van der Waals surface area contributed by atoms with E-state index in [1.807, 2.05) is 20.8 Å². The maximum Gasteiger partial charge on any atom is 0.129 e. The van der Waals surface area contributed by atoms with Crippen molar-refractivity contribution in [3.63, 3.8) is 0 Å². The quantitative estimate of drug-likeness (QED) is 0.321. The van der Waals surface area contributed by atoms with Crippen LogP contribution in [0, 0.1) is 65.0 Å². The Morgan fingerprint density at radius 1 is 0.639 bits per heavy atom. The van der Waals surface area contributed by atoms with Crippen molar-refractivity contribution in [3.05, 3.63) is 98.1 Å². The molecule has 1 nitrogen and oxygen atoms in total. The zero-order valence-electron chi connectivity index (χ0n) is 22.7. The number of hydrogen-bond acceptors (Lipinski definition) is 1. The van der Waals surface area contributed by atoms with Gasteiger partial charge in [0.15, 0.2) is 0 Å². The zero-order valence-corrected chi connectivity index (χ0v) is 22.7. The molecule has 1 saturated carbocycles. The standard InChI is InChI=1S/C33H40F2O/c1-20-11-23(4)33(24(5)12-20)36-19-29-17-31(34)30(32(35)18-29)16-27-9-7-26(8-10-27)15-28-13-21(2)25(6)22(3)14-28/h11-14,17-18,26-27H,7-10,15-16,19H2,1-6H3. The van der Waals surface area contributed by atoms with Crippen LogP contribution >= 0.6 is 0 Å². The van der Waals surface area contributed by atoms with E-state index in [0.717, 1.165) is 49.0 Å². The third kappa shape index (κ3) is 6.17. The molecule has 0 spiro atoms. The molecule has 1 fully saturated rings. The van der Waals surface area contributed by atoms with E-state index in [0.29, 0.717) is 23.8 Å². The van der Waals surface area contributed by atoms with Crippen LogP contribution in [0.25, 0.3) is 0 Å². The van der Waals surface area contributed by atoms with Crippen LogP contribution in [-0.4, -0.2) is 0 Å². The summed E-state index contributed by atoms with van der Waals surface area (Å²) in [7, 11) is 0. The fraction of sp³-hybridized carbons (Fsp3) is 0.455. The van der Waals surface area contributed by atoms with Crippen LogP contribution in [0.5, 0.6) is 5.75 Å². The average Bonchev–Trinajstić information content (AvgIpc) is 2.80. The molecular weight excluding hydrogens is 450 g/mol. The van der Waals surface area contributed by atoms with Crippen molar-refractivity contribution in [2.24, 2.45) is 11.8 Å². The molecule has 0 heterocycles. The minimum atomic E-state index is -0.446. The van der Waals surface area contributed by atoms with Gasteiger partial charge in [-0.3, -0.25) is 0 Å². The molecule has 0 amide bonds. The number of halogens is 2. The number of benzene rings is 3. The smallest absolute Gasteiger partial charge is 0.129 e. The lowest BCUT2D eigenvalue weighted by Gasteiger charge is -2.29. The lowest BCUT2D eigenvalue weighted by Crippen LogP contribution is -2.19. The molecule has 0 atom stereocenters. The molecule has 0 bridgehead atoms. The second kappa shape index (κ2) is 11.2. The lowest BCUT2D eigenvalue weighted by atomic mass is 9.77. The van der Waals surface area contributed by atoms with Gasteiger partial charge in [-0.05, 0) is 143 Å². The van der Waals surface area contributed by atoms with Crippen molar-refractivity contribution in [2.45, 2.75) is 86.7 Å². The molecule has 0 saturated heterocycles. The summed E-state index contributed by atoms with van der Waals surface area (Å²) in [6.45, 7) is 12.8. The van der Waals surface area contributed by atoms with Gasteiger partial charge >= 0.3 is 0 Å². The van der Waals surface area contributed by atoms with Crippen LogP contribution in [0.1, 0.15) is 75.8 Å². The molecule has 192 valence electrons. The summed E-state index contributed by atoms with van der Waals surface area (Å²) < 4.78 is 35.9. The normalized spacial score (nSPS) is 17.9. The van der Waals surface area contributed by atoms with Crippen LogP contribution in [0.3, 0.4) is 0 Å². The second-order valence-electron chi connectivity index (χ2n) is 11.2. The van der Waals surface area contributed by atoms with Crippen LogP contribution in [-0.2, 0) is 19.4 Å². The first-order valence-corrected chi connectivity index (χ1v) is 13.3. The summed E-state index contributed by atoms with van der Waals surface area (Å²) in [6.07, 6.45) is 5.90. The van der Waals surface area contributed by atoms with Gasteiger partial charge in [0.2, 0.25) is 0 Å². The Kier molecular flexibility index (Phi) is 8.17. The Morgan fingerprint density at radius 2 is 1.14 bits per heavy atom. The van der Waals surface area contributed by atoms with Gasteiger partial charge in [-0.1, -0.05) is 29.8 Å². The van der Waals surface area contributed by atoms with Crippen LogP contribution in [0.2, 0.25) is 0 Å². The van der Waals surface area contributed by atoms with Crippen LogP contribution < -0.4 is 4.74 Å². The number of rotatable bonds is 7. The van der Waals surface area contributed by atoms with Crippen molar-refractivity contribution < 1.29 is 13.5 Å². The molecule has 0 unspecified atom stereocenters. The van der Waals surface area contributed by atoms with E-state index in [9.17, 15) is 8.78 Å². The molecule has 36 heavy (non-hydrogen) atoms. The van der Waals surface area contributed by atoms with Gasteiger partial charge in [0.1, 0.15) is 24.0 Å². The van der Waals surface area contributed by atoms with Gasteiger partial charge in [-0.2, -0.15) is 0 Å². The first-order chi connectivity index (χ1) is 17.1. The SMILES string of the molecule is Cc1cc(C)c(OCc2cc(F)c(CC3CCC(Cc4cc(C)c(C)c(C)c4)CC3)c(F)c2)c(C)c1. The highest BCUT2D eigenvalue weighted by Crippen LogP contribution is 2.35. The fourth-order valence-corrected chi connectivity index (χ4v) is 5.99. The number of hydrogen-bond donors (Lipinski definition) is 0. The highest BCUT2D eigenvalue weighted by Gasteiger charge is 2.24. The van der Waals surface area contributed by atoms with Gasteiger partial charge in [0.05, 0.1) is 0 Å². The first-order valence-electron chi connectivity index (χ1n) is 13.3. The Hall–Kier alpha value is -2.68. The van der Waals surface area contributed by atoms with E-state index in [1.165, 1.54) is 39.9 Å². The minimum Gasteiger partial charge on any atom is -0.488 e. The Labute approximate surface area is 215 Å². The summed E-state index contributed by atoms with van der Waals surface area (Å²) >= 11 is 0. The highest BCUT2D eigenvalue weighted by molar-refractivity contribution is 5.43. The summed E-state index contributed by atoms with van der Waals surface area (Å²) in [5.74, 6) is 0.896. The van der Waals surface area contributed by atoms with Gasteiger partial charge in [0, 0.05) is 5.56 Å². The molecule has 3 aromatic rings. The predicted octanol–water partition coefficient (Wildman–Crippen LogP) is 8.99. The van der Waals surface area contributed by atoms with Crippen LogP contribution in [0.4, 0.5) is 8.78 Å². The maximum atomic E-state index is 15.0. The number of aryl methyl sites for hydroxylation is 5. The Morgan fingerprint density at radius 3 is 1.67 bits per heavy atom. The van der Waals surface area contributed by atoms with Crippen molar-refractivity contribution in [2.75, 3.05) is 0 Å². The van der Waals surface area contributed by atoms with E-state index in [-0.39, 0.29) is 12.2 Å². The molecule has 1 aliphatic carbocycles. The molecule has 4 rings (SSSR count). The first kappa shape index (κ1) is 26.4. The van der Waals surface area contributed by atoms with Gasteiger partial charge in [-0.15, -0.1) is 0 Å². The lowest BCUT2D eigenvalue weighted by molar-refractivity contribution is 0.268. The zero-order chi connectivity index (χ0) is 26.0. The largest absolute Gasteiger partial charge is 0.488 e.